The number of benzene rings is 1. The van der Waals surface area contributed by atoms with Crippen LogP contribution < -0.4 is 27.4 Å². The van der Waals surface area contributed by atoms with E-state index in [2.05, 4.69) is 16.0 Å². The van der Waals surface area contributed by atoms with E-state index in [1.54, 1.807) is 30.3 Å². The van der Waals surface area contributed by atoms with Crippen molar-refractivity contribution in [1.82, 2.24) is 16.0 Å². The van der Waals surface area contributed by atoms with Gasteiger partial charge in [-0.2, -0.15) is 0 Å². The van der Waals surface area contributed by atoms with Crippen molar-refractivity contribution in [3.05, 3.63) is 35.9 Å². The third kappa shape index (κ3) is 10.3. The summed E-state index contributed by atoms with van der Waals surface area (Å²) in [5.74, 6) is -3.40. The first-order valence-corrected chi connectivity index (χ1v) is 12.3. The van der Waals surface area contributed by atoms with Gasteiger partial charge in [-0.3, -0.25) is 14.4 Å². The van der Waals surface area contributed by atoms with Crippen LogP contribution in [0.2, 0.25) is 0 Å². The van der Waals surface area contributed by atoms with Gasteiger partial charge in [-0.25, -0.2) is 4.79 Å². The van der Waals surface area contributed by atoms with Crippen LogP contribution in [0.15, 0.2) is 30.3 Å². The predicted molar refractivity (Wildman–Crippen MR) is 136 cm³/mol. The Balaban J connectivity index is 2.97. The zero-order valence-electron chi connectivity index (χ0n) is 21.3. The molecule has 1 rings (SSSR count). The highest BCUT2D eigenvalue weighted by Crippen LogP contribution is 2.09. The molecule has 0 radical (unpaired) electrons. The number of carboxylic acids is 1. The van der Waals surface area contributed by atoms with Gasteiger partial charge in [-0.1, -0.05) is 50.6 Å². The minimum atomic E-state index is -1.44. The molecule has 0 saturated carbocycles. The molecule has 1 aromatic rings. The van der Waals surface area contributed by atoms with Crippen LogP contribution in [0, 0.1) is 5.92 Å². The van der Waals surface area contributed by atoms with Crippen LogP contribution in [0.1, 0.15) is 52.0 Å². The second-order valence-electron chi connectivity index (χ2n) is 9.07. The van der Waals surface area contributed by atoms with E-state index in [-0.39, 0.29) is 18.8 Å². The summed E-state index contributed by atoms with van der Waals surface area (Å²) in [6.07, 6.45) is 0.781. The average Bonchev–Trinajstić information content (AvgIpc) is 2.85. The minimum absolute atomic E-state index is 0.0215. The number of amides is 3. The van der Waals surface area contributed by atoms with Crippen molar-refractivity contribution in [3.63, 3.8) is 0 Å². The van der Waals surface area contributed by atoms with Gasteiger partial charge in [-0.05, 0) is 44.2 Å². The Morgan fingerprint density at radius 2 is 1.53 bits per heavy atom. The third-order valence-electron chi connectivity index (χ3n) is 6.10. The molecule has 0 fully saturated rings. The first kappa shape index (κ1) is 31.0. The minimum Gasteiger partial charge on any atom is -0.480 e. The molecule has 6 unspecified atom stereocenters. The summed E-state index contributed by atoms with van der Waals surface area (Å²) >= 11 is 0. The molecule has 0 aliphatic carbocycles. The second-order valence-corrected chi connectivity index (χ2v) is 9.07. The van der Waals surface area contributed by atoms with E-state index < -0.39 is 54.0 Å². The molecule has 0 saturated heterocycles. The van der Waals surface area contributed by atoms with Crippen LogP contribution >= 0.6 is 0 Å². The van der Waals surface area contributed by atoms with Crippen molar-refractivity contribution in [2.75, 3.05) is 6.54 Å². The number of nitrogens with one attached hydrogen (secondary N) is 3. The Morgan fingerprint density at radius 1 is 0.917 bits per heavy atom. The molecule has 0 aliphatic rings. The van der Waals surface area contributed by atoms with E-state index in [1.165, 1.54) is 6.92 Å². The van der Waals surface area contributed by atoms with Crippen molar-refractivity contribution >= 4 is 23.7 Å². The molecule has 0 heterocycles. The fourth-order valence-corrected chi connectivity index (χ4v) is 3.51. The molecule has 11 heteroatoms. The number of hydrogen-bond donors (Lipinski definition) is 7. The number of aliphatic hydroxyl groups excluding tert-OH is 1. The van der Waals surface area contributed by atoms with Crippen molar-refractivity contribution in [3.8, 4) is 0 Å². The van der Waals surface area contributed by atoms with Crippen LogP contribution in [0.5, 0.6) is 0 Å². The Morgan fingerprint density at radius 3 is 2.06 bits per heavy atom. The lowest BCUT2D eigenvalue weighted by Gasteiger charge is -2.27. The number of aliphatic hydroxyl groups is 1. The molecule has 0 aliphatic heterocycles. The number of carboxylic acid groups (broad SMARTS) is 1. The van der Waals surface area contributed by atoms with Crippen molar-refractivity contribution < 1.29 is 29.4 Å². The number of nitrogens with two attached hydrogens (primary N) is 2. The van der Waals surface area contributed by atoms with Gasteiger partial charge in [-0.15, -0.1) is 0 Å². The van der Waals surface area contributed by atoms with Crippen LogP contribution in [0.4, 0.5) is 0 Å². The largest absolute Gasteiger partial charge is 0.480 e. The Kier molecular flexibility index (Phi) is 13.7. The number of unbranched alkanes of at least 4 members (excludes halogenated alkanes) is 1. The van der Waals surface area contributed by atoms with E-state index in [0.717, 1.165) is 0 Å². The van der Waals surface area contributed by atoms with Crippen molar-refractivity contribution in [2.45, 2.75) is 83.1 Å². The lowest BCUT2D eigenvalue weighted by Crippen LogP contribution is -2.60. The molecule has 0 bridgehead atoms. The van der Waals surface area contributed by atoms with Gasteiger partial charge >= 0.3 is 5.97 Å². The van der Waals surface area contributed by atoms with Gasteiger partial charge in [0, 0.05) is 6.42 Å². The molecule has 1 aromatic carbocycles. The molecule has 3 amide bonds. The maximum absolute atomic E-state index is 13.1. The van der Waals surface area contributed by atoms with E-state index in [9.17, 15) is 29.4 Å². The van der Waals surface area contributed by atoms with Gasteiger partial charge in [0.1, 0.15) is 18.1 Å². The predicted octanol–water partition coefficient (Wildman–Crippen LogP) is -0.349. The molecular formula is C25H41N5O6. The highest BCUT2D eigenvalue weighted by molar-refractivity contribution is 5.94. The lowest BCUT2D eigenvalue weighted by molar-refractivity contribution is -0.143. The highest BCUT2D eigenvalue weighted by Gasteiger charge is 2.33. The molecule has 11 nitrogen and oxygen atoms in total. The fraction of sp³-hybridized carbons (Fsp3) is 0.600. The quantitative estimate of drug-likeness (QED) is 0.147. The van der Waals surface area contributed by atoms with Gasteiger partial charge < -0.3 is 37.6 Å². The molecule has 6 atom stereocenters. The van der Waals surface area contributed by atoms with Crippen LogP contribution in [-0.4, -0.2) is 70.7 Å². The maximum atomic E-state index is 13.1. The number of hydrogen-bond acceptors (Lipinski definition) is 7. The van der Waals surface area contributed by atoms with E-state index >= 15 is 0 Å². The second kappa shape index (κ2) is 15.9. The molecule has 0 aromatic heterocycles. The van der Waals surface area contributed by atoms with Gasteiger partial charge in [0.25, 0.3) is 0 Å². The van der Waals surface area contributed by atoms with E-state index in [4.69, 9.17) is 11.5 Å². The van der Waals surface area contributed by atoms with Crippen molar-refractivity contribution in [1.29, 1.82) is 0 Å². The van der Waals surface area contributed by atoms with Gasteiger partial charge in [0.05, 0.1) is 12.1 Å². The maximum Gasteiger partial charge on any atom is 0.326 e. The molecular weight excluding hydrogens is 466 g/mol. The zero-order chi connectivity index (χ0) is 27.3. The Hall–Kier alpha value is -3.02. The SMILES string of the molecule is CCC(C)C(N)C(=O)NC(CCCCN)C(=O)NC(C(=O)NC(Cc1ccccc1)C(=O)O)C(C)O. The Labute approximate surface area is 212 Å². The zero-order valence-corrected chi connectivity index (χ0v) is 21.3. The number of aliphatic carboxylic acids is 1. The summed E-state index contributed by atoms with van der Waals surface area (Å²) in [5, 5.41) is 27.3. The smallest absolute Gasteiger partial charge is 0.326 e. The summed E-state index contributed by atoms with van der Waals surface area (Å²) in [5.41, 5.74) is 12.2. The highest BCUT2D eigenvalue weighted by atomic mass is 16.4. The van der Waals surface area contributed by atoms with Crippen LogP contribution in [0.25, 0.3) is 0 Å². The lowest BCUT2D eigenvalue weighted by atomic mass is 9.98. The third-order valence-corrected chi connectivity index (χ3v) is 6.10. The molecule has 36 heavy (non-hydrogen) atoms. The first-order valence-electron chi connectivity index (χ1n) is 12.3. The normalized spacial score (nSPS) is 16.1. The number of carbonyl (C=O) groups excluding carboxylic acids is 3. The number of rotatable bonds is 16. The van der Waals surface area contributed by atoms with E-state index in [0.29, 0.717) is 31.4 Å². The van der Waals surface area contributed by atoms with Crippen molar-refractivity contribution in [2.24, 2.45) is 17.4 Å². The fourth-order valence-electron chi connectivity index (χ4n) is 3.51. The molecule has 202 valence electrons. The van der Waals surface area contributed by atoms with Gasteiger partial charge in [0.2, 0.25) is 17.7 Å². The number of carbonyl (C=O) groups is 4. The van der Waals surface area contributed by atoms with E-state index in [1.807, 2.05) is 13.8 Å². The topological polar surface area (TPSA) is 197 Å². The molecule has 9 N–H and O–H groups in total. The Bertz CT molecular complexity index is 851. The summed E-state index contributed by atoms with van der Waals surface area (Å²) in [6.45, 7) is 5.44. The summed E-state index contributed by atoms with van der Waals surface area (Å²) in [4.78, 5) is 50.3. The van der Waals surface area contributed by atoms with Crippen LogP contribution in [-0.2, 0) is 25.6 Å². The van der Waals surface area contributed by atoms with Gasteiger partial charge in [0.15, 0.2) is 0 Å². The molecule has 0 spiro atoms. The summed E-state index contributed by atoms with van der Waals surface area (Å²) in [6, 6.07) is 4.22. The average molecular weight is 508 g/mol. The van der Waals surface area contributed by atoms with Crippen LogP contribution in [0.3, 0.4) is 0 Å². The summed E-state index contributed by atoms with van der Waals surface area (Å²) in [7, 11) is 0. The monoisotopic (exact) mass is 507 g/mol. The summed E-state index contributed by atoms with van der Waals surface area (Å²) < 4.78 is 0. The standard InChI is InChI=1S/C25H41N5O6/c1-4-15(2)20(27)23(33)28-18(12-8-9-13-26)22(32)30-21(16(3)31)24(34)29-19(25(35)36)14-17-10-6-5-7-11-17/h5-7,10-11,15-16,18-21,31H,4,8-9,12-14,26-27H2,1-3H3,(H,28,33)(H,29,34)(H,30,32)(H,35,36). The first-order chi connectivity index (χ1) is 17.0.